The Kier molecular flexibility index (Phi) is 11.5. The van der Waals surface area contributed by atoms with Gasteiger partial charge >= 0.3 is 17.9 Å². The summed E-state index contributed by atoms with van der Waals surface area (Å²) in [6.07, 6.45) is 4.51. The van der Waals surface area contributed by atoms with Gasteiger partial charge in [-0.25, -0.2) is 14.4 Å². The maximum Gasteiger partial charge on any atom is 0.343 e. The molecule has 8 heteroatoms. The number of ether oxygens (including phenoxy) is 5. The molecule has 0 aromatic heterocycles. The van der Waals surface area contributed by atoms with Crippen molar-refractivity contribution in [2.24, 2.45) is 0 Å². The molecule has 0 unspecified atom stereocenters. The van der Waals surface area contributed by atoms with E-state index in [1.807, 2.05) is 6.07 Å². The molecule has 0 aliphatic heterocycles. The van der Waals surface area contributed by atoms with Crippen LogP contribution >= 0.6 is 0 Å². The fraction of sp³-hybridized carbons (Fsp3) is 0.192. The number of hydrogen-bond acceptors (Lipinski definition) is 8. The highest BCUT2D eigenvalue weighted by molar-refractivity contribution is 5.91. The Labute approximate surface area is 198 Å². The van der Waals surface area contributed by atoms with E-state index in [0.717, 1.165) is 12.2 Å². The molecule has 178 valence electrons. The molecule has 0 aliphatic carbocycles. The van der Waals surface area contributed by atoms with Crippen LogP contribution in [-0.2, 0) is 28.5 Å². The van der Waals surface area contributed by atoms with Crippen LogP contribution in [0.5, 0.6) is 5.75 Å². The van der Waals surface area contributed by atoms with Crippen LogP contribution in [0, 0.1) is 0 Å². The van der Waals surface area contributed by atoms with Gasteiger partial charge in [-0.3, -0.25) is 0 Å². The highest BCUT2D eigenvalue weighted by atomic mass is 16.7. The van der Waals surface area contributed by atoms with E-state index in [9.17, 15) is 14.4 Å². The van der Waals surface area contributed by atoms with E-state index in [-0.39, 0.29) is 26.4 Å². The van der Waals surface area contributed by atoms with E-state index in [1.165, 1.54) is 0 Å². The van der Waals surface area contributed by atoms with Crippen LogP contribution in [0.15, 0.2) is 86.0 Å². The minimum atomic E-state index is -0.859. The van der Waals surface area contributed by atoms with Crippen molar-refractivity contribution in [3.05, 3.63) is 97.1 Å². The summed E-state index contributed by atoms with van der Waals surface area (Å²) in [5.74, 6) is -1.27. The number of rotatable bonds is 14. The van der Waals surface area contributed by atoms with Crippen molar-refractivity contribution >= 4 is 24.0 Å². The van der Waals surface area contributed by atoms with Gasteiger partial charge in [0.05, 0.1) is 18.8 Å². The topological polar surface area (TPSA) is 97.4 Å². The molecule has 0 saturated heterocycles. The second kappa shape index (κ2) is 14.9. The largest absolute Gasteiger partial charge is 0.460 e. The predicted octanol–water partition coefficient (Wildman–Crippen LogP) is 3.74. The van der Waals surface area contributed by atoms with Crippen LogP contribution in [0.1, 0.15) is 15.9 Å². The smallest absolute Gasteiger partial charge is 0.343 e. The van der Waals surface area contributed by atoms with Crippen molar-refractivity contribution in [1.29, 1.82) is 0 Å². The summed E-state index contributed by atoms with van der Waals surface area (Å²) >= 11 is 0. The quantitative estimate of drug-likeness (QED) is 0.137. The zero-order valence-corrected chi connectivity index (χ0v) is 18.6. The molecule has 0 bridgehead atoms. The van der Waals surface area contributed by atoms with Gasteiger partial charge in [0.2, 0.25) is 0 Å². The van der Waals surface area contributed by atoms with Gasteiger partial charge in [-0.2, -0.15) is 0 Å². The first-order valence-corrected chi connectivity index (χ1v) is 10.4. The van der Waals surface area contributed by atoms with E-state index >= 15 is 0 Å². The summed E-state index contributed by atoms with van der Waals surface area (Å²) in [5, 5.41) is 0. The Hall–Kier alpha value is -4.01. The second-order valence-corrected chi connectivity index (χ2v) is 6.51. The van der Waals surface area contributed by atoms with Gasteiger partial charge in [0.25, 0.3) is 0 Å². The van der Waals surface area contributed by atoms with Crippen molar-refractivity contribution in [3.8, 4) is 5.75 Å². The molecule has 2 aromatic rings. The molecule has 0 spiro atoms. The van der Waals surface area contributed by atoms with Crippen LogP contribution in [-0.4, -0.2) is 50.6 Å². The van der Waals surface area contributed by atoms with E-state index in [4.69, 9.17) is 23.7 Å². The first-order chi connectivity index (χ1) is 16.5. The summed E-state index contributed by atoms with van der Waals surface area (Å²) < 4.78 is 26.5. The van der Waals surface area contributed by atoms with Crippen molar-refractivity contribution in [2.75, 3.05) is 26.4 Å². The normalized spacial score (nSPS) is 10.6. The van der Waals surface area contributed by atoms with E-state index in [1.54, 1.807) is 60.7 Å². The summed E-state index contributed by atoms with van der Waals surface area (Å²) in [7, 11) is 0. The van der Waals surface area contributed by atoms with Crippen molar-refractivity contribution in [3.63, 3.8) is 0 Å². The number of carbonyl (C=O) groups is 3. The molecular weight excluding hydrogens is 440 g/mol. The molecule has 8 nitrogen and oxygen atoms in total. The van der Waals surface area contributed by atoms with Crippen molar-refractivity contribution in [1.82, 2.24) is 0 Å². The third-order valence-corrected chi connectivity index (χ3v) is 4.12. The average molecular weight is 466 g/mol. The average Bonchev–Trinajstić information content (AvgIpc) is 2.87. The SMILES string of the molecule is C=CC(=O)OCCOC(/C=C/c1ccccc1OC(=O)c1ccccc1)OCCOC(=O)C=C. The maximum atomic E-state index is 12.4. The van der Waals surface area contributed by atoms with E-state index < -0.39 is 24.2 Å². The lowest BCUT2D eigenvalue weighted by Crippen LogP contribution is -2.21. The lowest BCUT2D eigenvalue weighted by Gasteiger charge is -2.15. The Morgan fingerprint density at radius 1 is 0.765 bits per heavy atom. The lowest BCUT2D eigenvalue weighted by atomic mass is 10.2. The highest BCUT2D eigenvalue weighted by Gasteiger charge is 2.11. The Balaban J connectivity index is 2.03. The molecule has 0 aliphatic rings. The first kappa shape index (κ1) is 26.2. The molecule has 2 aromatic carbocycles. The number of esters is 3. The number of hydrogen-bond donors (Lipinski definition) is 0. The number of carbonyl (C=O) groups excluding carboxylic acids is 3. The highest BCUT2D eigenvalue weighted by Crippen LogP contribution is 2.21. The Morgan fingerprint density at radius 2 is 1.32 bits per heavy atom. The van der Waals surface area contributed by atoms with Gasteiger partial charge in [0, 0.05) is 17.7 Å². The van der Waals surface area contributed by atoms with Crippen LogP contribution in [0.2, 0.25) is 0 Å². The summed E-state index contributed by atoms with van der Waals surface area (Å²) in [5.41, 5.74) is 1.04. The third kappa shape index (κ3) is 9.64. The van der Waals surface area contributed by atoms with Gasteiger partial charge in [0.15, 0.2) is 6.29 Å². The standard InChI is InChI=1S/C26H26O8/c1-3-23(27)30-16-18-32-25(33-19-17-31-24(28)4-2)15-14-20-10-8-9-13-22(20)34-26(29)21-11-6-5-7-12-21/h3-15,25H,1-2,16-19H2/b15-14+. The molecule has 2 rings (SSSR count). The minimum Gasteiger partial charge on any atom is -0.460 e. The Bertz CT molecular complexity index is 969. The zero-order chi connectivity index (χ0) is 24.6. The first-order valence-electron chi connectivity index (χ1n) is 10.4. The Morgan fingerprint density at radius 3 is 1.91 bits per heavy atom. The monoisotopic (exact) mass is 466 g/mol. The molecule has 0 atom stereocenters. The zero-order valence-electron chi connectivity index (χ0n) is 18.6. The molecule has 0 heterocycles. The number of benzene rings is 2. The van der Waals surface area contributed by atoms with Gasteiger partial charge in [-0.15, -0.1) is 0 Å². The van der Waals surface area contributed by atoms with Crippen LogP contribution in [0.25, 0.3) is 6.08 Å². The molecule has 0 amide bonds. The maximum absolute atomic E-state index is 12.4. The number of para-hydroxylation sites is 1. The van der Waals surface area contributed by atoms with Gasteiger partial charge in [-0.05, 0) is 24.3 Å². The second-order valence-electron chi connectivity index (χ2n) is 6.51. The molecule has 0 N–H and O–H groups in total. The molecule has 0 fully saturated rings. The van der Waals surface area contributed by atoms with Crippen LogP contribution in [0.4, 0.5) is 0 Å². The summed E-state index contributed by atoms with van der Waals surface area (Å²) in [6.45, 7) is 6.73. The van der Waals surface area contributed by atoms with E-state index in [2.05, 4.69) is 13.2 Å². The van der Waals surface area contributed by atoms with Gasteiger partial charge in [0.1, 0.15) is 19.0 Å². The fourth-order valence-electron chi connectivity index (χ4n) is 2.52. The molecule has 0 saturated carbocycles. The minimum absolute atomic E-state index is 0.00468. The fourth-order valence-corrected chi connectivity index (χ4v) is 2.52. The molecule has 34 heavy (non-hydrogen) atoms. The van der Waals surface area contributed by atoms with Crippen LogP contribution < -0.4 is 4.74 Å². The lowest BCUT2D eigenvalue weighted by molar-refractivity contribution is -0.152. The molecular formula is C26H26O8. The summed E-state index contributed by atoms with van der Waals surface area (Å²) in [4.78, 5) is 34.7. The third-order valence-electron chi connectivity index (χ3n) is 4.12. The summed E-state index contributed by atoms with van der Waals surface area (Å²) in [6, 6.07) is 15.6. The van der Waals surface area contributed by atoms with Crippen molar-refractivity contribution < 1.29 is 38.1 Å². The van der Waals surface area contributed by atoms with E-state index in [0.29, 0.717) is 16.9 Å². The van der Waals surface area contributed by atoms with Gasteiger partial charge < -0.3 is 23.7 Å². The molecule has 0 radical (unpaired) electrons. The van der Waals surface area contributed by atoms with Gasteiger partial charge in [-0.1, -0.05) is 55.6 Å². The van der Waals surface area contributed by atoms with Crippen LogP contribution in [0.3, 0.4) is 0 Å². The van der Waals surface area contributed by atoms with Crippen molar-refractivity contribution in [2.45, 2.75) is 6.29 Å². The predicted molar refractivity (Wildman–Crippen MR) is 125 cm³/mol.